The molecule has 0 heterocycles. The number of aliphatic hydroxyl groups excluding tert-OH is 1. The molecule has 0 aliphatic rings. The topological polar surface area (TPSA) is 75.6 Å². The quantitative estimate of drug-likeness (QED) is 0.754. The Kier molecular flexibility index (Phi) is 5.35. The lowest BCUT2D eigenvalue weighted by atomic mass is 10.2. The fraction of sp³-hybridized carbons (Fsp3) is 0.400. The van der Waals surface area contributed by atoms with Gasteiger partial charge in [-0.1, -0.05) is 17.7 Å². The summed E-state index contributed by atoms with van der Waals surface area (Å²) in [5.74, 6) is 0. The molecule has 0 radical (unpaired) electrons. The van der Waals surface area contributed by atoms with Crippen LogP contribution in [0.4, 0.5) is 0 Å². The Labute approximate surface area is 105 Å². The van der Waals surface area contributed by atoms with Crippen LogP contribution in [0, 0.1) is 0 Å². The molecule has 96 valence electrons. The van der Waals surface area contributed by atoms with E-state index in [0.717, 1.165) is 0 Å². The van der Waals surface area contributed by atoms with Crippen LogP contribution < -0.4 is 4.72 Å². The minimum atomic E-state index is -3.58. The Hall–Kier alpha value is -0.660. The van der Waals surface area contributed by atoms with Crippen molar-refractivity contribution in [3.05, 3.63) is 28.8 Å². The van der Waals surface area contributed by atoms with Crippen molar-refractivity contribution in [1.82, 2.24) is 4.72 Å². The lowest BCUT2D eigenvalue weighted by molar-refractivity contribution is 0.204. The molecule has 0 atom stereocenters. The second kappa shape index (κ2) is 6.32. The van der Waals surface area contributed by atoms with Crippen LogP contribution in [0.5, 0.6) is 0 Å². The molecule has 17 heavy (non-hydrogen) atoms. The number of sulfonamides is 1. The van der Waals surface area contributed by atoms with Gasteiger partial charge in [-0.3, -0.25) is 0 Å². The van der Waals surface area contributed by atoms with Gasteiger partial charge in [-0.25, -0.2) is 13.1 Å². The monoisotopic (exact) mass is 279 g/mol. The Bertz CT molecular complexity index is 475. The zero-order valence-corrected chi connectivity index (χ0v) is 10.9. The molecular formula is C10H14ClNO4S. The van der Waals surface area contributed by atoms with Crippen LogP contribution in [0.25, 0.3) is 0 Å². The van der Waals surface area contributed by atoms with Crippen LogP contribution in [0.2, 0.25) is 5.02 Å². The zero-order valence-electron chi connectivity index (χ0n) is 9.31. The van der Waals surface area contributed by atoms with Gasteiger partial charge in [-0.05, 0) is 17.7 Å². The molecule has 0 fully saturated rings. The number of aliphatic hydroxyl groups is 1. The summed E-state index contributed by atoms with van der Waals surface area (Å²) in [5, 5.41) is 9.14. The van der Waals surface area contributed by atoms with Crippen LogP contribution >= 0.6 is 11.6 Å². The van der Waals surface area contributed by atoms with Gasteiger partial charge in [0.15, 0.2) is 0 Å². The molecule has 7 heteroatoms. The number of rotatable bonds is 6. The van der Waals surface area contributed by atoms with E-state index >= 15 is 0 Å². The predicted octanol–water partition coefficient (Wildman–Crippen LogP) is 0.757. The van der Waals surface area contributed by atoms with Gasteiger partial charge in [-0.15, -0.1) is 0 Å². The Morgan fingerprint density at radius 3 is 2.71 bits per heavy atom. The van der Waals surface area contributed by atoms with Gasteiger partial charge in [0, 0.05) is 18.7 Å². The summed E-state index contributed by atoms with van der Waals surface area (Å²) in [6, 6.07) is 4.18. The van der Waals surface area contributed by atoms with E-state index in [2.05, 4.69) is 4.72 Å². The first-order valence-corrected chi connectivity index (χ1v) is 6.75. The van der Waals surface area contributed by atoms with Gasteiger partial charge < -0.3 is 9.84 Å². The molecule has 0 unspecified atom stereocenters. The van der Waals surface area contributed by atoms with E-state index in [1.807, 2.05) is 0 Å². The molecule has 0 amide bonds. The molecule has 0 aliphatic heterocycles. The number of methoxy groups -OCH3 is 1. The number of hydrogen-bond acceptors (Lipinski definition) is 4. The molecule has 1 aromatic rings. The molecule has 0 aliphatic carbocycles. The average Bonchev–Trinajstić information content (AvgIpc) is 2.29. The first-order valence-electron chi connectivity index (χ1n) is 4.89. The summed E-state index contributed by atoms with van der Waals surface area (Å²) >= 11 is 5.82. The predicted molar refractivity (Wildman–Crippen MR) is 64.4 cm³/mol. The third-order valence-corrected chi connectivity index (χ3v) is 3.91. The third-order valence-electron chi connectivity index (χ3n) is 2.10. The van der Waals surface area contributed by atoms with Crippen molar-refractivity contribution in [2.75, 3.05) is 20.3 Å². The van der Waals surface area contributed by atoms with E-state index in [4.69, 9.17) is 21.4 Å². The van der Waals surface area contributed by atoms with E-state index in [-0.39, 0.29) is 23.1 Å². The maximum absolute atomic E-state index is 11.8. The fourth-order valence-corrected chi connectivity index (χ4v) is 2.53. The van der Waals surface area contributed by atoms with Gasteiger partial charge in [-0.2, -0.15) is 0 Å². The molecule has 0 spiro atoms. The summed E-state index contributed by atoms with van der Waals surface area (Å²) in [7, 11) is -2.09. The Morgan fingerprint density at radius 1 is 1.47 bits per heavy atom. The van der Waals surface area contributed by atoms with E-state index in [1.54, 1.807) is 0 Å². The van der Waals surface area contributed by atoms with Gasteiger partial charge in [0.25, 0.3) is 0 Å². The second-order valence-corrected chi connectivity index (χ2v) is 5.48. The lowest BCUT2D eigenvalue weighted by Crippen LogP contribution is -2.27. The summed E-state index contributed by atoms with van der Waals surface area (Å²) in [5.41, 5.74) is 0.488. The first-order chi connectivity index (χ1) is 8.01. The molecule has 1 aromatic carbocycles. The minimum absolute atomic E-state index is 0.0656. The lowest BCUT2D eigenvalue weighted by Gasteiger charge is -2.08. The molecular weight excluding hydrogens is 266 g/mol. The SMILES string of the molecule is COCCNS(=O)(=O)c1ccc(CO)c(Cl)c1. The van der Waals surface area contributed by atoms with E-state index in [0.29, 0.717) is 12.2 Å². The smallest absolute Gasteiger partial charge is 0.240 e. The highest BCUT2D eigenvalue weighted by Gasteiger charge is 2.14. The summed E-state index contributed by atoms with van der Waals surface area (Å²) < 4.78 is 30.7. The maximum atomic E-state index is 11.8. The normalized spacial score (nSPS) is 11.7. The third kappa shape index (κ3) is 3.93. The van der Waals surface area contributed by atoms with Crippen LogP contribution in [-0.2, 0) is 21.4 Å². The van der Waals surface area contributed by atoms with Crippen molar-refractivity contribution in [3.63, 3.8) is 0 Å². The molecule has 1 rings (SSSR count). The molecule has 5 nitrogen and oxygen atoms in total. The van der Waals surface area contributed by atoms with E-state index in [9.17, 15) is 8.42 Å². The van der Waals surface area contributed by atoms with Gasteiger partial charge in [0.2, 0.25) is 10.0 Å². The number of ether oxygens (including phenoxy) is 1. The average molecular weight is 280 g/mol. The molecule has 0 saturated heterocycles. The fourth-order valence-electron chi connectivity index (χ4n) is 1.18. The molecule has 2 N–H and O–H groups in total. The molecule has 0 saturated carbocycles. The van der Waals surface area contributed by atoms with Crippen molar-refractivity contribution >= 4 is 21.6 Å². The highest BCUT2D eigenvalue weighted by atomic mass is 35.5. The van der Waals surface area contributed by atoms with E-state index < -0.39 is 10.0 Å². The Balaban J connectivity index is 2.88. The number of hydrogen-bond donors (Lipinski definition) is 2. The number of benzene rings is 1. The van der Waals surface area contributed by atoms with Crippen LogP contribution in [0.3, 0.4) is 0 Å². The molecule has 0 bridgehead atoms. The second-order valence-electron chi connectivity index (χ2n) is 3.30. The van der Waals surface area contributed by atoms with Gasteiger partial charge in [0.05, 0.1) is 18.1 Å². The van der Waals surface area contributed by atoms with Gasteiger partial charge in [0.1, 0.15) is 0 Å². The first kappa shape index (κ1) is 14.4. The summed E-state index contributed by atoms with van der Waals surface area (Å²) in [4.78, 5) is 0.0656. The Morgan fingerprint density at radius 2 is 2.18 bits per heavy atom. The molecule has 0 aromatic heterocycles. The van der Waals surface area contributed by atoms with Crippen molar-refractivity contribution in [2.24, 2.45) is 0 Å². The van der Waals surface area contributed by atoms with Crippen molar-refractivity contribution in [3.8, 4) is 0 Å². The van der Waals surface area contributed by atoms with E-state index in [1.165, 1.54) is 25.3 Å². The number of nitrogens with one attached hydrogen (secondary N) is 1. The number of halogens is 1. The summed E-state index contributed by atoms with van der Waals surface area (Å²) in [6.07, 6.45) is 0. The summed E-state index contributed by atoms with van der Waals surface area (Å²) in [6.45, 7) is 0.260. The maximum Gasteiger partial charge on any atom is 0.240 e. The minimum Gasteiger partial charge on any atom is -0.392 e. The van der Waals surface area contributed by atoms with Crippen molar-refractivity contribution in [1.29, 1.82) is 0 Å². The largest absolute Gasteiger partial charge is 0.392 e. The van der Waals surface area contributed by atoms with Crippen LogP contribution in [0.1, 0.15) is 5.56 Å². The zero-order chi connectivity index (χ0) is 12.9. The van der Waals surface area contributed by atoms with Crippen LogP contribution in [0.15, 0.2) is 23.1 Å². The highest BCUT2D eigenvalue weighted by molar-refractivity contribution is 7.89. The van der Waals surface area contributed by atoms with Crippen molar-refractivity contribution < 1.29 is 18.3 Å². The van der Waals surface area contributed by atoms with Gasteiger partial charge >= 0.3 is 0 Å². The highest BCUT2D eigenvalue weighted by Crippen LogP contribution is 2.20. The standard InChI is InChI=1S/C10H14ClNO4S/c1-16-5-4-12-17(14,15)9-3-2-8(7-13)10(11)6-9/h2-3,6,12-13H,4-5,7H2,1H3. The van der Waals surface area contributed by atoms with Crippen molar-refractivity contribution in [2.45, 2.75) is 11.5 Å². The van der Waals surface area contributed by atoms with Crippen LogP contribution in [-0.4, -0.2) is 33.8 Å².